The molecular formula is C48H57N7O2. The number of H-pyrrole nitrogens is 2. The quantitative estimate of drug-likeness (QED) is 0.101. The smallest absolute Gasteiger partial charge is 0.335 e. The van der Waals surface area contributed by atoms with Crippen molar-refractivity contribution in [3.05, 3.63) is 131 Å². The lowest BCUT2D eigenvalue weighted by Crippen LogP contribution is -2.46. The molecule has 2 aliphatic rings. The van der Waals surface area contributed by atoms with Crippen molar-refractivity contribution in [2.75, 3.05) is 75.2 Å². The van der Waals surface area contributed by atoms with Crippen molar-refractivity contribution in [1.82, 2.24) is 19.8 Å². The van der Waals surface area contributed by atoms with Crippen molar-refractivity contribution in [1.29, 1.82) is 5.26 Å². The average Bonchev–Trinajstić information content (AvgIpc) is 3.85. The number of nitriles is 1. The minimum absolute atomic E-state index is 0.352. The zero-order valence-corrected chi connectivity index (χ0v) is 33.6. The van der Waals surface area contributed by atoms with Crippen LogP contribution < -0.4 is 9.80 Å². The molecule has 0 atom stereocenters. The van der Waals surface area contributed by atoms with E-state index in [1.807, 2.05) is 30.5 Å². The van der Waals surface area contributed by atoms with E-state index >= 15 is 0 Å². The highest BCUT2D eigenvalue weighted by Crippen LogP contribution is 2.25. The van der Waals surface area contributed by atoms with Gasteiger partial charge in [0.15, 0.2) is 0 Å². The number of fused-ring (bicyclic) bond motifs is 2. The van der Waals surface area contributed by atoms with Crippen LogP contribution >= 0.6 is 0 Å². The van der Waals surface area contributed by atoms with E-state index in [9.17, 15) is 9.90 Å². The number of unbranched alkanes of at least 4 members (excludes halogenated alkanes) is 2. The van der Waals surface area contributed by atoms with Crippen molar-refractivity contribution in [3.63, 3.8) is 0 Å². The van der Waals surface area contributed by atoms with Crippen molar-refractivity contribution < 1.29 is 9.90 Å². The Morgan fingerprint density at radius 1 is 0.632 bits per heavy atom. The van der Waals surface area contributed by atoms with Gasteiger partial charge in [-0.2, -0.15) is 5.26 Å². The topological polar surface area (TPSA) is 106 Å². The molecule has 0 amide bonds. The molecule has 9 heteroatoms. The first-order valence-electron chi connectivity index (χ1n) is 20.8. The summed E-state index contributed by atoms with van der Waals surface area (Å²) >= 11 is 0. The first kappa shape index (κ1) is 39.7. The number of benzene rings is 4. The molecule has 2 aliphatic heterocycles. The molecule has 2 fully saturated rings. The van der Waals surface area contributed by atoms with Crippen LogP contribution in [0.25, 0.3) is 21.8 Å². The molecule has 6 aromatic rings. The van der Waals surface area contributed by atoms with Crippen LogP contribution in [0, 0.1) is 25.2 Å². The largest absolute Gasteiger partial charge is 0.478 e. The van der Waals surface area contributed by atoms with E-state index in [-0.39, 0.29) is 0 Å². The van der Waals surface area contributed by atoms with E-state index < -0.39 is 5.97 Å². The number of carbonyl (C=O) groups is 1. The molecule has 0 saturated carbocycles. The second-order valence-electron chi connectivity index (χ2n) is 15.7. The van der Waals surface area contributed by atoms with Gasteiger partial charge >= 0.3 is 5.97 Å². The molecule has 0 spiro atoms. The maximum atomic E-state index is 11.2. The number of para-hydroxylation sites is 2. The Morgan fingerprint density at radius 2 is 1.11 bits per heavy atom. The molecule has 3 N–H and O–H groups in total. The van der Waals surface area contributed by atoms with Crippen LogP contribution in [-0.4, -0.2) is 96.3 Å². The summed E-state index contributed by atoms with van der Waals surface area (Å²) in [6.07, 6.45) is 10.9. The van der Waals surface area contributed by atoms with E-state index in [4.69, 9.17) is 5.26 Å². The van der Waals surface area contributed by atoms with Crippen LogP contribution in [0.1, 0.15) is 63.9 Å². The predicted octanol–water partition coefficient (Wildman–Crippen LogP) is 8.81. The van der Waals surface area contributed by atoms with E-state index in [1.54, 1.807) is 12.1 Å². The summed E-state index contributed by atoms with van der Waals surface area (Å²) in [5, 5.41) is 20.6. The average molecular weight is 764 g/mol. The summed E-state index contributed by atoms with van der Waals surface area (Å²) in [4.78, 5) is 28.0. The number of aryl methyl sites for hydroxylation is 4. The molecule has 0 radical (unpaired) electrons. The van der Waals surface area contributed by atoms with Crippen LogP contribution in [0.5, 0.6) is 0 Å². The monoisotopic (exact) mass is 763 g/mol. The van der Waals surface area contributed by atoms with E-state index in [1.165, 1.54) is 58.4 Å². The lowest BCUT2D eigenvalue weighted by atomic mass is 10.0. The molecule has 4 heterocycles. The van der Waals surface area contributed by atoms with Crippen LogP contribution in [0.15, 0.2) is 97.3 Å². The number of hydrogen-bond donors (Lipinski definition) is 3. The van der Waals surface area contributed by atoms with Gasteiger partial charge in [-0.3, -0.25) is 9.80 Å². The molecule has 2 aromatic heterocycles. The number of aromatic carboxylic acids is 1. The first-order valence-corrected chi connectivity index (χ1v) is 20.8. The van der Waals surface area contributed by atoms with Gasteiger partial charge in [-0.1, -0.05) is 36.4 Å². The summed E-state index contributed by atoms with van der Waals surface area (Å²) < 4.78 is 0. The molecule has 296 valence electrons. The predicted molar refractivity (Wildman–Crippen MR) is 234 cm³/mol. The second-order valence-corrected chi connectivity index (χ2v) is 15.7. The first-order chi connectivity index (χ1) is 27.9. The van der Waals surface area contributed by atoms with Gasteiger partial charge in [0.2, 0.25) is 0 Å². The third kappa shape index (κ3) is 10.1. The molecule has 0 unspecified atom stereocenters. The minimum Gasteiger partial charge on any atom is -0.478 e. The highest BCUT2D eigenvalue weighted by Gasteiger charge is 2.19. The van der Waals surface area contributed by atoms with Crippen LogP contribution in [0.2, 0.25) is 0 Å². The second kappa shape index (κ2) is 19.1. The fourth-order valence-corrected chi connectivity index (χ4v) is 8.54. The number of nitrogens with zero attached hydrogens (tertiary/aromatic N) is 5. The fourth-order valence-electron chi connectivity index (χ4n) is 8.54. The van der Waals surface area contributed by atoms with Crippen molar-refractivity contribution in [2.45, 2.75) is 52.4 Å². The lowest BCUT2D eigenvalue weighted by Gasteiger charge is -2.36. The highest BCUT2D eigenvalue weighted by molar-refractivity contribution is 5.94. The summed E-state index contributed by atoms with van der Waals surface area (Å²) in [5.41, 5.74) is 11.2. The van der Waals surface area contributed by atoms with Crippen molar-refractivity contribution >= 4 is 39.1 Å². The molecule has 0 bridgehead atoms. The summed E-state index contributed by atoms with van der Waals surface area (Å²) in [7, 11) is 0. The summed E-state index contributed by atoms with van der Waals surface area (Å²) in [5.74, 6) is -0.871. The maximum Gasteiger partial charge on any atom is 0.335 e. The standard InChI is InChI=1S/C24H28N4.C24H29N3O2/c1-19-6-2-3-8-24(19)28-14-12-27(13-15-28)11-5-4-7-21-18-26-23-10-9-20(17-25)16-22(21)23;1-18-6-2-3-8-23(18)27-14-12-26(13-15-27)11-5-4-7-20-17-25-22-10-9-19(24(28)29)16-21(20)22/h2-3,6,8-10,16,18,26H,4-5,7,11-15H2,1H3;2-3,6,8-10,16-17,25H,4-5,7,11-15H2,1H3,(H,28,29). The fraction of sp³-hybridized carbons (Fsp3) is 0.375. The van der Waals surface area contributed by atoms with Crippen molar-refractivity contribution in [2.24, 2.45) is 0 Å². The number of carboxylic acids is 1. The number of aromatic amines is 2. The van der Waals surface area contributed by atoms with Crippen LogP contribution in [-0.2, 0) is 12.8 Å². The van der Waals surface area contributed by atoms with E-state index in [0.29, 0.717) is 5.56 Å². The summed E-state index contributed by atoms with van der Waals surface area (Å²) in [6, 6.07) is 30.8. The molecule has 8 rings (SSSR count). The maximum absolute atomic E-state index is 11.2. The molecule has 57 heavy (non-hydrogen) atoms. The van der Waals surface area contributed by atoms with Gasteiger partial charge in [-0.25, -0.2) is 4.79 Å². The van der Waals surface area contributed by atoms with Crippen LogP contribution in [0.4, 0.5) is 11.4 Å². The molecule has 0 aliphatic carbocycles. The highest BCUT2D eigenvalue weighted by atomic mass is 16.4. The molecular weight excluding hydrogens is 707 g/mol. The third-order valence-electron chi connectivity index (χ3n) is 11.9. The number of anilines is 2. The molecule has 4 aromatic carbocycles. The third-order valence-corrected chi connectivity index (χ3v) is 11.9. The lowest BCUT2D eigenvalue weighted by molar-refractivity contribution is 0.0697. The van der Waals surface area contributed by atoms with Gasteiger partial charge in [0.1, 0.15) is 0 Å². The number of carboxylic acid groups (broad SMARTS) is 1. The Bertz CT molecular complexity index is 2290. The zero-order chi connectivity index (χ0) is 39.6. The van der Waals surface area contributed by atoms with Crippen LogP contribution in [0.3, 0.4) is 0 Å². The Balaban J connectivity index is 0.000000174. The number of nitrogens with one attached hydrogen (secondary N) is 2. The van der Waals surface area contributed by atoms with Gasteiger partial charge in [-0.05, 0) is 136 Å². The Labute approximate surface area is 337 Å². The Kier molecular flexibility index (Phi) is 13.3. The minimum atomic E-state index is -0.871. The van der Waals surface area contributed by atoms with Gasteiger partial charge in [0.25, 0.3) is 0 Å². The van der Waals surface area contributed by atoms with Gasteiger partial charge in [0.05, 0.1) is 17.2 Å². The van der Waals surface area contributed by atoms with E-state index in [2.05, 4.69) is 104 Å². The zero-order valence-electron chi connectivity index (χ0n) is 33.6. The normalized spacial score (nSPS) is 15.1. The Morgan fingerprint density at radius 3 is 1.58 bits per heavy atom. The van der Waals surface area contributed by atoms with Gasteiger partial charge in [0, 0.05) is 97.9 Å². The van der Waals surface area contributed by atoms with Crippen molar-refractivity contribution in [3.8, 4) is 6.07 Å². The Hall–Kier alpha value is -5.56. The number of hydrogen-bond acceptors (Lipinski definition) is 6. The molecule has 2 saturated heterocycles. The number of rotatable bonds is 13. The summed E-state index contributed by atoms with van der Waals surface area (Å²) in [6.45, 7) is 15.6. The van der Waals surface area contributed by atoms with E-state index in [0.717, 1.165) is 107 Å². The molecule has 9 nitrogen and oxygen atoms in total. The number of aromatic nitrogens is 2. The van der Waals surface area contributed by atoms with Gasteiger partial charge < -0.3 is 24.9 Å². The van der Waals surface area contributed by atoms with Gasteiger partial charge in [-0.15, -0.1) is 0 Å². The number of piperazine rings is 2. The SMILES string of the molecule is Cc1ccccc1N1CCN(CCCCc2c[nH]c3ccc(C#N)cc23)CC1.Cc1ccccc1N1CCN(CCCCc2c[nH]c3ccc(C(=O)O)cc23)CC1.